The zero-order valence-corrected chi connectivity index (χ0v) is 12.1. The average Bonchev–Trinajstić information content (AvgIpc) is 2.44. The molecule has 0 saturated heterocycles. The van der Waals surface area contributed by atoms with Crippen molar-refractivity contribution in [1.29, 1.82) is 0 Å². The van der Waals surface area contributed by atoms with Gasteiger partial charge in [0.25, 0.3) is 0 Å². The minimum Gasteiger partial charge on any atom is -0.497 e. The highest BCUT2D eigenvalue weighted by atomic mass is 16.5. The van der Waals surface area contributed by atoms with Gasteiger partial charge in [0, 0.05) is 11.8 Å². The monoisotopic (exact) mass is 272 g/mol. The van der Waals surface area contributed by atoms with Gasteiger partial charge in [-0.05, 0) is 43.9 Å². The van der Waals surface area contributed by atoms with Crippen molar-refractivity contribution in [3.8, 4) is 5.75 Å². The molecule has 1 fully saturated rings. The van der Waals surface area contributed by atoms with Crippen LogP contribution in [0, 0.1) is 11.8 Å². The van der Waals surface area contributed by atoms with Gasteiger partial charge in [0.1, 0.15) is 11.4 Å². The molecule has 3 aliphatic rings. The van der Waals surface area contributed by atoms with E-state index in [1.807, 2.05) is 31.2 Å². The fourth-order valence-corrected chi connectivity index (χ4v) is 3.67. The molecule has 1 aromatic carbocycles. The molecule has 0 radical (unpaired) electrons. The molecule has 3 nitrogen and oxygen atoms in total. The van der Waals surface area contributed by atoms with E-state index < -0.39 is 5.60 Å². The number of carbonyl (C=O) groups is 1. The van der Waals surface area contributed by atoms with Crippen LogP contribution in [0.5, 0.6) is 5.75 Å². The van der Waals surface area contributed by atoms with Crippen LogP contribution >= 0.6 is 0 Å². The molecule has 1 N–H and O–H groups in total. The molecule has 0 aromatic heterocycles. The lowest BCUT2D eigenvalue weighted by atomic mass is 9.57. The summed E-state index contributed by atoms with van der Waals surface area (Å²) in [6.07, 6.45) is 2.90. The summed E-state index contributed by atoms with van der Waals surface area (Å²) < 4.78 is 5.18. The van der Waals surface area contributed by atoms with Crippen molar-refractivity contribution >= 4 is 5.78 Å². The van der Waals surface area contributed by atoms with Crippen molar-refractivity contribution in [2.45, 2.75) is 31.8 Å². The van der Waals surface area contributed by atoms with E-state index in [1.54, 1.807) is 14.0 Å². The number of ketones is 1. The molecule has 106 valence electrons. The minimum atomic E-state index is -1.20. The summed E-state index contributed by atoms with van der Waals surface area (Å²) in [7, 11) is 1.64. The molecule has 3 aliphatic carbocycles. The fourth-order valence-electron chi connectivity index (χ4n) is 3.67. The van der Waals surface area contributed by atoms with Crippen LogP contribution in [0.3, 0.4) is 0 Å². The Morgan fingerprint density at radius 1 is 1.30 bits per heavy atom. The molecule has 2 bridgehead atoms. The summed E-state index contributed by atoms with van der Waals surface area (Å²) in [5, 5.41) is 10.4. The number of methoxy groups -OCH3 is 1. The van der Waals surface area contributed by atoms with Crippen LogP contribution in [-0.4, -0.2) is 23.6 Å². The highest BCUT2D eigenvalue weighted by Gasteiger charge is 2.53. The Hall–Kier alpha value is -1.61. The zero-order chi connectivity index (χ0) is 14.5. The molecular weight excluding hydrogens is 252 g/mol. The van der Waals surface area contributed by atoms with E-state index in [4.69, 9.17) is 4.74 Å². The number of ether oxygens (including phenoxy) is 1. The van der Waals surface area contributed by atoms with Gasteiger partial charge >= 0.3 is 0 Å². The Balaban J connectivity index is 1.97. The topological polar surface area (TPSA) is 46.5 Å². The van der Waals surface area contributed by atoms with Crippen molar-refractivity contribution in [3.63, 3.8) is 0 Å². The van der Waals surface area contributed by atoms with E-state index in [9.17, 15) is 9.90 Å². The molecule has 0 spiro atoms. The number of carbonyl (C=O) groups excluding carboxylic acids is 1. The van der Waals surface area contributed by atoms with Gasteiger partial charge in [0.05, 0.1) is 7.11 Å². The Morgan fingerprint density at radius 3 is 2.50 bits per heavy atom. The number of Topliss-reactive ketones (excluding diaryl/α,β-unsaturated/α-hetero) is 1. The number of aliphatic hydroxyl groups is 1. The van der Waals surface area contributed by atoms with Crippen molar-refractivity contribution in [2.75, 3.05) is 7.11 Å². The Labute approximate surface area is 119 Å². The van der Waals surface area contributed by atoms with E-state index in [-0.39, 0.29) is 23.5 Å². The lowest BCUT2D eigenvalue weighted by molar-refractivity contribution is -0.150. The zero-order valence-electron chi connectivity index (χ0n) is 12.1. The number of benzene rings is 1. The number of rotatable bonds is 2. The van der Waals surface area contributed by atoms with E-state index in [0.717, 1.165) is 23.3 Å². The van der Waals surface area contributed by atoms with Gasteiger partial charge in [-0.25, -0.2) is 0 Å². The first-order valence-corrected chi connectivity index (χ1v) is 7.04. The quantitative estimate of drug-likeness (QED) is 0.842. The van der Waals surface area contributed by atoms with Crippen LogP contribution in [0.4, 0.5) is 0 Å². The van der Waals surface area contributed by atoms with Crippen LogP contribution in [-0.2, 0) is 4.79 Å². The number of allylic oxidation sites excluding steroid dienone is 1. The second-order valence-corrected chi connectivity index (χ2v) is 6.12. The van der Waals surface area contributed by atoms with Crippen molar-refractivity contribution in [2.24, 2.45) is 11.8 Å². The standard InChI is InChI=1S/C17H20O3/c1-10-8-12-9-14(15(10)16(18)17(12,2)19)11-4-6-13(20-3)7-5-11/h4-8,12,14-15,19H,9H2,1-3H3. The summed E-state index contributed by atoms with van der Waals surface area (Å²) >= 11 is 0. The van der Waals surface area contributed by atoms with Crippen LogP contribution < -0.4 is 4.74 Å². The molecule has 3 heteroatoms. The second kappa shape index (κ2) is 4.45. The molecule has 20 heavy (non-hydrogen) atoms. The number of hydrogen-bond donors (Lipinski definition) is 1. The first kappa shape index (κ1) is 13.4. The molecule has 4 unspecified atom stereocenters. The maximum atomic E-state index is 12.5. The second-order valence-electron chi connectivity index (χ2n) is 6.12. The van der Waals surface area contributed by atoms with Crippen LogP contribution in [0.1, 0.15) is 31.7 Å². The van der Waals surface area contributed by atoms with Gasteiger partial charge in [-0.15, -0.1) is 0 Å². The normalized spacial score (nSPS) is 35.9. The molecule has 1 saturated carbocycles. The molecule has 4 rings (SSSR count). The highest BCUT2D eigenvalue weighted by molar-refractivity contribution is 5.94. The smallest absolute Gasteiger partial charge is 0.172 e. The lowest BCUT2D eigenvalue weighted by Gasteiger charge is -2.48. The Morgan fingerprint density at radius 2 is 1.95 bits per heavy atom. The van der Waals surface area contributed by atoms with E-state index in [1.165, 1.54) is 0 Å². The third-order valence-electron chi connectivity index (χ3n) is 4.91. The Kier molecular flexibility index (Phi) is 2.98. The third-order valence-corrected chi connectivity index (χ3v) is 4.91. The molecule has 4 atom stereocenters. The van der Waals surface area contributed by atoms with E-state index >= 15 is 0 Å². The summed E-state index contributed by atoms with van der Waals surface area (Å²) in [4.78, 5) is 12.5. The first-order chi connectivity index (χ1) is 9.45. The van der Waals surface area contributed by atoms with Gasteiger partial charge in [-0.2, -0.15) is 0 Å². The molecule has 0 aliphatic heterocycles. The van der Waals surface area contributed by atoms with Gasteiger partial charge in [-0.3, -0.25) is 4.79 Å². The minimum absolute atomic E-state index is 0.0328. The van der Waals surface area contributed by atoms with Crippen LogP contribution in [0.2, 0.25) is 0 Å². The summed E-state index contributed by atoms with van der Waals surface area (Å²) in [6.45, 7) is 3.65. The molecule has 1 aromatic rings. The van der Waals surface area contributed by atoms with Crippen LogP contribution in [0.15, 0.2) is 35.9 Å². The van der Waals surface area contributed by atoms with Gasteiger partial charge in [-0.1, -0.05) is 23.8 Å². The SMILES string of the molecule is COc1ccc(C2CC3C=C(C)C2C(=O)C3(C)O)cc1. The molecular formula is C17H20O3. The molecule has 0 heterocycles. The van der Waals surface area contributed by atoms with Gasteiger partial charge in [0.2, 0.25) is 0 Å². The summed E-state index contributed by atoms with van der Waals surface area (Å²) in [5.74, 6) is 0.689. The van der Waals surface area contributed by atoms with Crippen LogP contribution in [0.25, 0.3) is 0 Å². The van der Waals surface area contributed by atoms with Crippen molar-refractivity contribution in [3.05, 3.63) is 41.5 Å². The maximum absolute atomic E-state index is 12.5. The Bertz CT molecular complexity index is 568. The van der Waals surface area contributed by atoms with Gasteiger partial charge < -0.3 is 9.84 Å². The van der Waals surface area contributed by atoms with Gasteiger partial charge in [0.15, 0.2) is 5.78 Å². The fraction of sp³-hybridized carbons (Fsp3) is 0.471. The third kappa shape index (κ3) is 1.80. The van der Waals surface area contributed by atoms with E-state index in [2.05, 4.69) is 6.08 Å². The maximum Gasteiger partial charge on any atom is 0.172 e. The largest absolute Gasteiger partial charge is 0.497 e. The summed E-state index contributed by atoms with van der Waals surface area (Å²) in [6, 6.07) is 7.91. The summed E-state index contributed by atoms with van der Waals surface area (Å²) in [5.41, 5.74) is 1.04. The lowest BCUT2D eigenvalue weighted by Crippen LogP contribution is -2.55. The predicted molar refractivity (Wildman–Crippen MR) is 76.7 cm³/mol. The molecule has 0 amide bonds. The highest BCUT2D eigenvalue weighted by Crippen LogP contribution is 2.51. The average molecular weight is 272 g/mol. The van der Waals surface area contributed by atoms with Crippen molar-refractivity contribution < 1.29 is 14.6 Å². The number of fused-ring (bicyclic) bond motifs is 2. The number of hydrogen-bond acceptors (Lipinski definition) is 3. The first-order valence-electron chi connectivity index (χ1n) is 7.04. The predicted octanol–water partition coefficient (Wildman–Crippen LogP) is 2.69. The van der Waals surface area contributed by atoms with Crippen molar-refractivity contribution in [1.82, 2.24) is 0 Å². The van der Waals surface area contributed by atoms with E-state index in [0.29, 0.717) is 0 Å².